The number of hydrogen-bond donors (Lipinski definition) is 0. The first-order valence-corrected chi connectivity index (χ1v) is 10.6. The zero-order chi connectivity index (χ0) is 20.6. The molecule has 0 radical (unpaired) electrons. The van der Waals surface area contributed by atoms with Crippen LogP contribution in [0.4, 0.5) is 0 Å². The minimum Gasteiger partial charge on any atom is -0.456 e. The Bertz CT molecular complexity index is 840. The van der Waals surface area contributed by atoms with Gasteiger partial charge in [0.15, 0.2) is 0 Å². The van der Waals surface area contributed by atoms with Crippen LogP contribution in [0.1, 0.15) is 74.9 Å². The van der Waals surface area contributed by atoms with E-state index in [2.05, 4.69) is 57.0 Å². The summed E-state index contributed by atoms with van der Waals surface area (Å²) in [5.41, 5.74) is 2.65. The molecule has 0 amide bonds. The molecule has 2 atom stereocenters. The third-order valence-corrected chi connectivity index (χ3v) is 6.41. The summed E-state index contributed by atoms with van der Waals surface area (Å²) in [5, 5.41) is 2.13. The second kappa shape index (κ2) is 7.58. The second-order valence-corrected chi connectivity index (χ2v) is 9.20. The van der Waals surface area contributed by atoms with Crippen molar-refractivity contribution in [2.45, 2.75) is 76.7 Å². The first kappa shape index (κ1) is 20.1. The average molecular weight is 394 g/mol. The summed E-state index contributed by atoms with van der Waals surface area (Å²) < 4.78 is 5.92. The second-order valence-electron chi connectivity index (χ2n) is 9.20. The first-order chi connectivity index (χ1) is 13.8. The molecule has 0 bridgehead atoms. The van der Waals surface area contributed by atoms with Crippen LogP contribution in [0, 0.1) is 0 Å². The van der Waals surface area contributed by atoms with Crippen molar-refractivity contribution in [2.75, 3.05) is 0 Å². The summed E-state index contributed by atoms with van der Waals surface area (Å²) in [7, 11) is 0. The molecule has 154 valence electrons. The van der Waals surface area contributed by atoms with Gasteiger partial charge in [0.1, 0.15) is 12.2 Å². The van der Waals surface area contributed by atoms with Crippen LogP contribution in [-0.2, 0) is 20.7 Å². The van der Waals surface area contributed by atoms with E-state index >= 15 is 0 Å². The van der Waals surface area contributed by atoms with Crippen LogP contribution in [0.25, 0.3) is 0 Å². The van der Waals surface area contributed by atoms with Crippen LogP contribution < -0.4 is 0 Å². The van der Waals surface area contributed by atoms with Crippen molar-refractivity contribution in [3.63, 3.8) is 0 Å². The third kappa shape index (κ3) is 3.60. The van der Waals surface area contributed by atoms with Gasteiger partial charge in [-0.1, -0.05) is 48.9 Å². The highest BCUT2D eigenvalue weighted by atomic mass is 16.7. The molecule has 2 aliphatic rings. The highest BCUT2D eigenvalue weighted by Crippen LogP contribution is 2.50. The Morgan fingerprint density at radius 1 is 0.828 bits per heavy atom. The van der Waals surface area contributed by atoms with Crippen molar-refractivity contribution in [3.8, 4) is 0 Å². The topological polar surface area (TPSA) is 38.8 Å². The minimum absolute atomic E-state index is 0.135. The maximum Gasteiger partial charge on any atom is 0.338 e. The largest absolute Gasteiger partial charge is 0.456 e. The zero-order valence-electron chi connectivity index (χ0n) is 17.9. The lowest BCUT2D eigenvalue weighted by Crippen LogP contribution is -2.50. The van der Waals surface area contributed by atoms with Gasteiger partial charge in [0.2, 0.25) is 0 Å². The van der Waals surface area contributed by atoms with Crippen LogP contribution in [0.2, 0.25) is 0 Å². The summed E-state index contributed by atoms with van der Waals surface area (Å²) in [5.74, 6) is -0.269. The number of carbonyl (C=O) groups is 1. The molecule has 0 spiro atoms. The lowest BCUT2D eigenvalue weighted by molar-refractivity contribution is -0.305. The molecule has 0 N–H and O–H groups in total. The van der Waals surface area contributed by atoms with Gasteiger partial charge in [-0.2, -0.15) is 5.06 Å². The van der Waals surface area contributed by atoms with Gasteiger partial charge >= 0.3 is 5.97 Å². The van der Waals surface area contributed by atoms with Gasteiger partial charge < -0.3 is 4.74 Å². The number of nitrogens with zero attached hydrogens (tertiary/aromatic N) is 1. The summed E-state index contributed by atoms with van der Waals surface area (Å²) in [6.07, 6.45) is 3.51. The molecule has 1 aliphatic carbocycles. The van der Waals surface area contributed by atoms with Gasteiger partial charge in [0, 0.05) is 0 Å². The number of hydrogen-bond acceptors (Lipinski definition) is 4. The quantitative estimate of drug-likeness (QED) is 0.636. The van der Waals surface area contributed by atoms with Crippen LogP contribution in [-0.4, -0.2) is 23.2 Å². The molecule has 1 aliphatic heterocycles. The number of ether oxygens (including phenoxy) is 1. The van der Waals surface area contributed by atoms with Crippen LogP contribution in [0.3, 0.4) is 0 Å². The average Bonchev–Trinajstić information content (AvgIpc) is 2.87. The van der Waals surface area contributed by atoms with Crippen LogP contribution >= 0.6 is 0 Å². The lowest BCUT2D eigenvalue weighted by atomic mass is 9.91. The summed E-state index contributed by atoms with van der Waals surface area (Å²) >= 11 is 0. The summed E-state index contributed by atoms with van der Waals surface area (Å²) in [6, 6.07) is 17.8. The molecular formula is C25H31NO3. The number of fused-ring (bicyclic) bond motifs is 1. The smallest absolute Gasteiger partial charge is 0.338 e. The van der Waals surface area contributed by atoms with Crippen molar-refractivity contribution >= 4 is 5.97 Å². The normalized spacial score (nSPS) is 25.4. The standard InChI is InChI=1S/C25H31NO3/c1-24(2)19-14-8-9-15-20(19)25(3,4)26(24)29-22-17-11-10-16-21(22)28-23(27)18-12-6-5-7-13-18/h5-9,12-15,21-22H,10-11,16-17H2,1-4H3/t21-,22+/m1/s1. The fourth-order valence-corrected chi connectivity index (χ4v) is 4.96. The van der Waals surface area contributed by atoms with Gasteiger partial charge in [-0.3, -0.25) is 4.84 Å². The highest BCUT2D eigenvalue weighted by Gasteiger charge is 2.51. The van der Waals surface area contributed by atoms with Gasteiger partial charge in [0.25, 0.3) is 0 Å². The Labute approximate surface area is 173 Å². The van der Waals surface area contributed by atoms with E-state index in [1.54, 1.807) is 12.1 Å². The van der Waals surface area contributed by atoms with Crippen LogP contribution in [0.15, 0.2) is 54.6 Å². The van der Waals surface area contributed by atoms with E-state index in [9.17, 15) is 4.79 Å². The molecule has 29 heavy (non-hydrogen) atoms. The first-order valence-electron chi connectivity index (χ1n) is 10.6. The molecule has 1 heterocycles. The van der Waals surface area contributed by atoms with E-state index in [0.717, 1.165) is 25.7 Å². The van der Waals surface area contributed by atoms with Gasteiger partial charge in [-0.15, -0.1) is 0 Å². The van der Waals surface area contributed by atoms with Crippen molar-refractivity contribution in [3.05, 3.63) is 71.3 Å². The van der Waals surface area contributed by atoms with Crippen molar-refractivity contribution in [2.24, 2.45) is 0 Å². The molecule has 1 fully saturated rings. The number of carbonyl (C=O) groups excluding carboxylic acids is 1. The van der Waals surface area contributed by atoms with E-state index in [1.807, 2.05) is 18.2 Å². The minimum atomic E-state index is -0.269. The predicted molar refractivity (Wildman–Crippen MR) is 113 cm³/mol. The van der Waals surface area contributed by atoms with E-state index in [4.69, 9.17) is 9.57 Å². The van der Waals surface area contributed by atoms with Gasteiger partial charge in [-0.05, 0) is 70.2 Å². The Morgan fingerprint density at radius 2 is 1.34 bits per heavy atom. The van der Waals surface area contributed by atoms with Crippen molar-refractivity contribution in [1.82, 2.24) is 5.06 Å². The monoisotopic (exact) mass is 393 g/mol. The number of hydroxylamine groups is 2. The predicted octanol–water partition coefficient (Wildman–Crippen LogP) is 5.57. The Morgan fingerprint density at radius 3 is 1.93 bits per heavy atom. The van der Waals surface area contributed by atoms with Crippen molar-refractivity contribution in [1.29, 1.82) is 0 Å². The number of rotatable bonds is 4. The molecular weight excluding hydrogens is 362 g/mol. The fourth-order valence-electron chi connectivity index (χ4n) is 4.96. The summed E-state index contributed by atoms with van der Waals surface area (Å²) in [6.45, 7) is 8.81. The highest BCUT2D eigenvalue weighted by molar-refractivity contribution is 5.89. The fraction of sp³-hybridized carbons (Fsp3) is 0.480. The van der Waals surface area contributed by atoms with E-state index in [-0.39, 0.29) is 29.3 Å². The Hall–Kier alpha value is -2.17. The maximum atomic E-state index is 12.6. The van der Waals surface area contributed by atoms with Crippen molar-refractivity contribution < 1.29 is 14.4 Å². The number of esters is 1. The molecule has 0 saturated heterocycles. The Balaban J connectivity index is 1.55. The zero-order valence-corrected chi connectivity index (χ0v) is 17.9. The van der Waals surface area contributed by atoms with Gasteiger partial charge in [0.05, 0.1) is 16.6 Å². The molecule has 2 aromatic carbocycles. The molecule has 4 heteroatoms. The molecule has 1 saturated carbocycles. The SMILES string of the molecule is CC1(C)c2ccccc2C(C)(C)N1O[C@H]1CCCC[C@H]1OC(=O)c1ccccc1. The molecule has 4 nitrogen and oxygen atoms in total. The van der Waals surface area contributed by atoms with Gasteiger partial charge in [-0.25, -0.2) is 4.79 Å². The molecule has 4 rings (SSSR count). The Kier molecular flexibility index (Phi) is 5.26. The molecule has 0 unspecified atom stereocenters. The summed E-state index contributed by atoms with van der Waals surface area (Å²) in [4.78, 5) is 19.3. The van der Waals surface area contributed by atoms with E-state index < -0.39 is 0 Å². The lowest BCUT2D eigenvalue weighted by Gasteiger charge is -2.44. The molecule has 0 aromatic heterocycles. The number of benzene rings is 2. The molecule has 2 aromatic rings. The van der Waals surface area contributed by atoms with E-state index in [1.165, 1.54) is 11.1 Å². The third-order valence-electron chi connectivity index (χ3n) is 6.41. The van der Waals surface area contributed by atoms with Crippen LogP contribution in [0.5, 0.6) is 0 Å². The van der Waals surface area contributed by atoms with E-state index in [0.29, 0.717) is 5.56 Å². The maximum absolute atomic E-state index is 12.6.